The number of Topliss-reactive ketones (excluding diaryl/α,β-unsaturated/α-hetero) is 1. The number of carbonyl (C=O) groups excluding carboxylic acids is 2. The molecule has 8 heteroatoms. The summed E-state index contributed by atoms with van der Waals surface area (Å²) in [5.41, 5.74) is 1.81. The molecular weight excluding hydrogens is 557 g/mol. The number of aromatic nitrogens is 1. The topological polar surface area (TPSA) is 50.3 Å². The maximum atomic E-state index is 13.5. The first-order chi connectivity index (χ1) is 20.2. The molecule has 1 saturated heterocycles. The fourth-order valence-electron chi connectivity index (χ4n) is 8.80. The molecule has 0 spiro atoms. The Balaban J connectivity index is 0.988. The largest absolute Gasteiger partial charge is 0.416 e. The second-order valence-electron chi connectivity index (χ2n) is 13.3. The summed E-state index contributed by atoms with van der Waals surface area (Å²) in [6, 6.07) is 12.0. The van der Waals surface area contributed by atoms with Crippen LogP contribution in [0.1, 0.15) is 95.1 Å². The van der Waals surface area contributed by atoms with E-state index in [1.54, 1.807) is 35.6 Å². The highest BCUT2D eigenvalue weighted by Gasteiger charge is 2.51. The monoisotopic (exact) mass is 592 g/mol. The van der Waals surface area contributed by atoms with Crippen molar-refractivity contribution in [1.82, 2.24) is 9.88 Å². The summed E-state index contributed by atoms with van der Waals surface area (Å²) < 4.78 is 39.1. The molecule has 3 aromatic rings. The van der Waals surface area contributed by atoms with E-state index in [-0.39, 0.29) is 23.0 Å². The molecule has 4 bridgehead atoms. The number of carbonyl (C=O) groups is 2. The Bertz CT molecular complexity index is 1450. The molecule has 2 aromatic carbocycles. The Labute approximate surface area is 248 Å². The molecule has 4 nitrogen and oxygen atoms in total. The van der Waals surface area contributed by atoms with Gasteiger partial charge in [-0.1, -0.05) is 30.3 Å². The van der Waals surface area contributed by atoms with Crippen LogP contribution in [-0.2, 0) is 6.18 Å². The number of hydrogen-bond donors (Lipinski definition) is 0. The number of rotatable bonds is 6. The molecule has 1 aliphatic heterocycles. The summed E-state index contributed by atoms with van der Waals surface area (Å²) in [4.78, 5) is 33.6. The Morgan fingerprint density at radius 1 is 0.905 bits per heavy atom. The van der Waals surface area contributed by atoms with Gasteiger partial charge in [0.05, 0.1) is 10.6 Å². The minimum absolute atomic E-state index is 0.116. The third kappa shape index (κ3) is 5.31. The fraction of sp³-hybridized carbons (Fsp3) is 0.500. The summed E-state index contributed by atoms with van der Waals surface area (Å²) in [7, 11) is 0. The van der Waals surface area contributed by atoms with Crippen LogP contribution in [0.15, 0.2) is 53.9 Å². The number of thiazole rings is 1. The van der Waals surface area contributed by atoms with Crippen molar-refractivity contribution in [2.75, 3.05) is 13.1 Å². The second kappa shape index (κ2) is 10.6. The molecule has 1 amide bonds. The lowest BCUT2D eigenvalue weighted by Gasteiger charge is -2.56. The maximum Gasteiger partial charge on any atom is 0.416 e. The van der Waals surface area contributed by atoms with Crippen molar-refractivity contribution < 1.29 is 22.8 Å². The first-order valence-corrected chi connectivity index (χ1v) is 16.1. The number of halogens is 3. The van der Waals surface area contributed by atoms with Crippen LogP contribution >= 0.6 is 11.3 Å². The molecule has 0 atom stereocenters. The summed E-state index contributed by atoms with van der Waals surface area (Å²) >= 11 is 1.57. The van der Waals surface area contributed by atoms with E-state index < -0.39 is 11.7 Å². The van der Waals surface area contributed by atoms with E-state index in [2.05, 4.69) is 0 Å². The van der Waals surface area contributed by atoms with Crippen molar-refractivity contribution in [3.05, 3.63) is 75.7 Å². The van der Waals surface area contributed by atoms with Crippen molar-refractivity contribution in [1.29, 1.82) is 0 Å². The molecule has 5 aliphatic rings. The highest BCUT2D eigenvalue weighted by Crippen LogP contribution is 2.61. The average Bonchev–Trinajstić information content (AvgIpc) is 3.46. The van der Waals surface area contributed by atoms with Gasteiger partial charge in [0, 0.05) is 36.4 Å². The summed E-state index contributed by atoms with van der Waals surface area (Å²) in [6.45, 7) is 1.14. The van der Waals surface area contributed by atoms with Crippen LogP contribution in [0, 0.1) is 23.2 Å². The van der Waals surface area contributed by atoms with Crippen LogP contribution in [0.25, 0.3) is 11.1 Å². The van der Waals surface area contributed by atoms with Crippen molar-refractivity contribution in [2.45, 2.75) is 69.9 Å². The third-order valence-corrected chi connectivity index (χ3v) is 11.3. The van der Waals surface area contributed by atoms with Crippen molar-refractivity contribution >= 4 is 23.0 Å². The molecule has 42 heavy (non-hydrogen) atoms. The molecular formula is C34H35F3N2O2S. The number of piperidine rings is 1. The van der Waals surface area contributed by atoms with Crippen molar-refractivity contribution in [2.24, 2.45) is 23.2 Å². The van der Waals surface area contributed by atoms with Gasteiger partial charge in [-0.05, 0) is 104 Å². The van der Waals surface area contributed by atoms with Crippen LogP contribution in [0.4, 0.5) is 13.2 Å². The summed E-state index contributed by atoms with van der Waals surface area (Å²) in [6.07, 6.45) is 5.54. The predicted octanol–water partition coefficient (Wildman–Crippen LogP) is 8.64. The van der Waals surface area contributed by atoms with Gasteiger partial charge >= 0.3 is 6.18 Å². The van der Waals surface area contributed by atoms with E-state index in [1.807, 2.05) is 10.3 Å². The smallest absolute Gasteiger partial charge is 0.339 e. The van der Waals surface area contributed by atoms with E-state index >= 15 is 0 Å². The predicted molar refractivity (Wildman–Crippen MR) is 156 cm³/mol. The quantitative estimate of drug-likeness (QED) is 0.269. The molecule has 220 valence electrons. The highest BCUT2D eigenvalue weighted by atomic mass is 32.1. The van der Waals surface area contributed by atoms with Crippen LogP contribution in [0.2, 0.25) is 0 Å². The van der Waals surface area contributed by atoms with Crippen LogP contribution in [0.3, 0.4) is 0 Å². The van der Waals surface area contributed by atoms with Gasteiger partial charge < -0.3 is 4.90 Å². The average molecular weight is 593 g/mol. The lowest BCUT2D eigenvalue weighted by molar-refractivity contribution is -0.137. The first kappa shape index (κ1) is 27.8. The van der Waals surface area contributed by atoms with E-state index in [0.717, 1.165) is 47.7 Å². The maximum absolute atomic E-state index is 13.5. The molecule has 0 N–H and O–H groups in total. The minimum atomic E-state index is -4.40. The Kier molecular flexibility index (Phi) is 7.03. The third-order valence-electron chi connectivity index (χ3n) is 10.3. The van der Waals surface area contributed by atoms with Crippen LogP contribution in [0.5, 0.6) is 0 Å². The van der Waals surface area contributed by atoms with Gasteiger partial charge in [-0.25, -0.2) is 4.98 Å². The molecule has 2 heterocycles. The van der Waals surface area contributed by atoms with E-state index in [4.69, 9.17) is 4.98 Å². The van der Waals surface area contributed by atoms with Gasteiger partial charge in [-0.2, -0.15) is 13.2 Å². The zero-order valence-electron chi connectivity index (χ0n) is 23.5. The lowest BCUT2D eigenvalue weighted by Crippen LogP contribution is -2.46. The second-order valence-corrected chi connectivity index (χ2v) is 14.2. The zero-order valence-corrected chi connectivity index (χ0v) is 24.4. The minimum Gasteiger partial charge on any atom is -0.339 e. The lowest BCUT2D eigenvalue weighted by atomic mass is 9.48. The molecule has 4 aliphatic carbocycles. The number of amides is 1. The fourth-order valence-corrected chi connectivity index (χ4v) is 9.80. The molecule has 0 unspecified atom stereocenters. The van der Waals surface area contributed by atoms with Gasteiger partial charge in [0.15, 0.2) is 5.78 Å². The SMILES string of the molecule is O=C(CC12CC3CC(CC(C3)C1)C2)c1csc(C2CCN(C(=O)c3ccccc3-c3ccc(C(F)(F)F)cc3)CC2)n1. The number of likely N-dealkylation sites (tertiary alicyclic amines) is 1. The van der Waals surface area contributed by atoms with Crippen LogP contribution in [-0.4, -0.2) is 34.7 Å². The standard InChI is InChI=1S/C34H35F3N2O2S/c35-34(36,37)26-7-5-24(6-8-26)27-3-1-2-4-28(27)32(41)39-11-9-25(10-12-39)31-38-29(20-42-31)30(40)19-33-16-21-13-22(17-33)15-23(14-21)18-33/h1-8,20-23,25H,9-19H2. The van der Waals surface area contributed by atoms with E-state index in [9.17, 15) is 22.8 Å². The molecule has 5 fully saturated rings. The molecule has 8 rings (SSSR count). The number of ketones is 1. The van der Waals surface area contributed by atoms with Gasteiger partial charge in [-0.15, -0.1) is 11.3 Å². The first-order valence-electron chi connectivity index (χ1n) is 15.2. The van der Waals surface area contributed by atoms with Gasteiger partial charge in [0.1, 0.15) is 5.69 Å². The Morgan fingerprint density at radius 3 is 2.14 bits per heavy atom. The molecule has 4 saturated carbocycles. The van der Waals surface area contributed by atoms with Gasteiger partial charge in [0.25, 0.3) is 5.91 Å². The van der Waals surface area contributed by atoms with Gasteiger partial charge in [0.2, 0.25) is 0 Å². The Hall–Kier alpha value is -3.00. The van der Waals surface area contributed by atoms with Crippen molar-refractivity contribution in [3.8, 4) is 11.1 Å². The normalized spacial score (nSPS) is 27.4. The Morgan fingerprint density at radius 2 is 1.52 bits per heavy atom. The van der Waals surface area contributed by atoms with E-state index in [1.165, 1.54) is 50.7 Å². The highest BCUT2D eigenvalue weighted by molar-refractivity contribution is 7.09. The summed E-state index contributed by atoms with van der Waals surface area (Å²) in [5.74, 6) is 2.77. The number of hydrogen-bond acceptors (Lipinski definition) is 4. The number of alkyl halides is 3. The van der Waals surface area contributed by atoms with E-state index in [0.29, 0.717) is 41.9 Å². The zero-order chi connectivity index (χ0) is 29.1. The summed E-state index contributed by atoms with van der Waals surface area (Å²) in [5, 5.41) is 2.93. The van der Waals surface area contributed by atoms with Gasteiger partial charge in [-0.3, -0.25) is 9.59 Å². The van der Waals surface area contributed by atoms with Crippen molar-refractivity contribution in [3.63, 3.8) is 0 Å². The number of benzene rings is 2. The molecule has 0 radical (unpaired) electrons. The molecule has 1 aromatic heterocycles. The number of nitrogens with zero attached hydrogens (tertiary/aromatic N) is 2. The van der Waals surface area contributed by atoms with Crippen LogP contribution < -0.4 is 0 Å².